The van der Waals surface area contributed by atoms with Crippen molar-refractivity contribution in [1.82, 2.24) is 24.8 Å². The third-order valence-electron chi connectivity index (χ3n) is 8.31. The van der Waals surface area contributed by atoms with Crippen molar-refractivity contribution >= 4 is 11.6 Å². The number of anilines is 1. The van der Waals surface area contributed by atoms with Crippen LogP contribution in [-0.2, 0) is 16.1 Å². The highest BCUT2D eigenvalue weighted by Crippen LogP contribution is 2.31. The Hall–Kier alpha value is -3.67. The summed E-state index contributed by atoms with van der Waals surface area (Å²) in [4.78, 5) is 19.7. The minimum Gasteiger partial charge on any atom is -0.374 e. The Labute approximate surface area is 244 Å². The molecule has 4 atom stereocenters. The maximum absolute atomic E-state index is 13.1. The van der Waals surface area contributed by atoms with E-state index in [0.717, 1.165) is 57.5 Å². The van der Waals surface area contributed by atoms with Gasteiger partial charge >= 0.3 is 0 Å². The van der Waals surface area contributed by atoms with Crippen LogP contribution in [0.2, 0.25) is 0 Å². The van der Waals surface area contributed by atoms with Gasteiger partial charge in [-0.15, -0.1) is 5.10 Å². The second kappa shape index (κ2) is 13.8. The number of hydrogen-bond donors (Lipinski definition) is 0. The predicted molar refractivity (Wildman–Crippen MR) is 161 cm³/mol. The van der Waals surface area contributed by atoms with Crippen LogP contribution in [0.25, 0.3) is 0 Å². The van der Waals surface area contributed by atoms with Gasteiger partial charge in [-0.1, -0.05) is 66.6 Å². The number of nitrogens with zero attached hydrogens (tertiary/aromatic N) is 6. The number of piperazine rings is 1. The standard InChI is InChI=1S/C33H42N6O2/c1-26(23-31-16-17-32(41-31)27(2)33(40)36(3)24-28-11-6-4-7-12-28)39-25-29(34-35-39)13-10-18-37-19-21-38(22-20-37)30-14-8-5-9-15-30/h4-9,11-12,14-15,25-27,31-32H,16-24H2,1-3H3/t26-,27-,31+,32-/m1/s1. The number of carbonyl (C=O) groups excluding carboxylic acids is 1. The van der Waals surface area contributed by atoms with Crippen LogP contribution in [0.5, 0.6) is 0 Å². The summed E-state index contributed by atoms with van der Waals surface area (Å²) in [6.07, 6.45) is 4.68. The van der Waals surface area contributed by atoms with E-state index >= 15 is 0 Å². The van der Waals surface area contributed by atoms with Gasteiger partial charge in [-0.05, 0) is 49.8 Å². The van der Waals surface area contributed by atoms with Crippen molar-refractivity contribution < 1.29 is 9.53 Å². The minimum atomic E-state index is -0.168. The van der Waals surface area contributed by atoms with Crippen molar-refractivity contribution in [2.45, 2.75) is 57.9 Å². The van der Waals surface area contributed by atoms with Crippen molar-refractivity contribution in [3.05, 3.63) is 78.1 Å². The summed E-state index contributed by atoms with van der Waals surface area (Å²) >= 11 is 0. The number of para-hydroxylation sites is 1. The maximum atomic E-state index is 13.1. The Morgan fingerprint density at radius 2 is 1.73 bits per heavy atom. The third-order valence-corrected chi connectivity index (χ3v) is 8.31. The van der Waals surface area contributed by atoms with E-state index in [4.69, 9.17) is 4.74 Å². The lowest BCUT2D eigenvalue weighted by molar-refractivity contribution is -0.139. The summed E-state index contributed by atoms with van der Waals surface area (Å²) in [5.41, 5.74) is 3.12. The highest BCUT2D eigenvalue weighted by Gasteiger charge is 2.35. The molecule has 1 aromatic heterocycles. The molecule has 3 heterocycles. The van der Waals surface area contributed by atoms with Crippen LogP contribution in [0.15, 0.2) is 66.9 Å². The van der Waals surface area contributed by atoms with E-state index in [1.807, 2.05) is 60.1 Å². The third kappa shape index (κ3) is 7.75. The molecule has 8 nitrogen and oxygen atoms in total. The highest BCUT2D eigenvalue weighted by molar-refractivity contribution is 5.78. The summed E-state index contributed by atoms with van der Waals surface area (Å²) in [6.45, 7) is 9.51. The molecule has 5 rings (SSSR count). The topological polar surface area (TPSA) is 66.7 Å². The molecule has 2 aromatic carbocycles. The average molecular weight is 555 g/mol. The summed E-state index contributed by atoms with van der Waals surface area (Å²) in [5, 5.41) is 8.63. The summed E-state index contributed by atoms with van der Waals surface area (Å²) in [5.74, 6) is 6.44. The van der Waals surface area contributed by atoms with Gasteiger partial charge in [-0.2, -0.15) is 0 Å². The molecule has 41 heavy (non-hydrogen) atoms. The van der Waals surface area contributed by atoms with Crippen molar-refractivity contribution in [2.75, 3.05) is 44.7 Å². The Balaban J connectivity index is 1.04. The summed E-state index contributed by atoms with van der Waals surface area (Å²) in [7, 11) is 1.87. The van der Waals surface area contributed by atoms with E-state index < -0.39 is 0 Å². The molecule has 0 saturated carbocycles. The number of amides is 1. The van der Waals surface area contributed by atoms with Crippen LogP contribution in [0.4, 0.5) is 5.69 Å². The van der Waals surface area contributed by atoms with Crippen molar-refractivity contribution in [1.29, 1.82) is 0 Å². The first-order valence-electron chi connectivity index (χ1n) is 14.8. The van der Waals surface area contributed by atoms with Gasteiger partial charge in [0, 0.05) is 45.5 Å². The van der Waals surface area contributed by atoms with E-state index in [0.29, 0.717) is 12.2 Å². The quantitative estimate of drug-likeness (QED) is 0.369. The van der Waals surface area contributed by atoms with Crippen LogP contribution in [0.1, 0.15) is 50.4 Å². The molecule has 0 bridgehead atoms. The van der Waals surface area contributed by atoms with Crippen molar-refractivity contribution in [2.24, 2.45) is 5.92 Å². The van der Waals surface area contributed by atoms with Gasteiger partial charge in [0.15, 0.2) is 5.69 Å². The smallest absolute Gasteiger partial charge is 0.228 e. The Morgan fingerprint density at radius 1 is 1.02 bits per heavy atom. The second-order valence-electron chi connectivity index (χ2n) is 11.4. The first-order valence-corrected chi connectivity index (χ1v) is 14.8. The molecule has 2 aliphatic rings. The van der Waals surface area contributed by atoms with Gasteiger partial charge in [0.1, 0.15) is 0 Å². The fourth-order valence-electron chi connectivity index (χ4n) is 5.80. The van der Waals surface area contributed by atoms with Crippen LogP contribution >= 0.6 is 0 Å². The molecule has 0 N–H and O–H groups in total. The molecule has 2 aliphatic heterocycles. The number of carbonyl (C=O) groups is 1. The molecule has 2 saturated heterocycles. The van der Waals surface area contributed by atoms with Gasteiger partial charge in [0.2, 0.25) is 5.91 Å². The zero-order valence-corrected chi connectivity index (χ0v) is 24.5. The van der Waals surface area contributed by atoms with Crippen molar-refractivity contribution in [3.63, 3.8) is 0 Å². The molecular weight excluding hydrogens is 512 g/mol. The lowest BCUT2D eigenvalue weighted by Crippen LogP contribution is -2.46. The Kier molecular flexibility index (Phi) is 9.71. The van der Waals surface area contributed by atoms with Gasteiger partial charge in [0.25, 0.3) is 0 Å². The second-order valence-corrected chi connectivity index (χ2v) is 11.4. The molecular formula is C33H42N6O2. The minimum absolute atomic E-state index is 0.0512. The molecule has 1 amide bonds. The maximum Gasteiger partial charge on any atom is 0.228 e. The van der Waals surface area contributed by atoms with E-state index in [2.05, 4.69) is 69.2 Å². The van der Waals surface area contributed by atoms with E-state index in [9.17, 15) is 4.79 Å². The zero-order chi connectivity index (χ0) is 28.6. The molecule has 8 heteroatoms. The molecule has 216 valence electrons. The van der Waals surface area contributed by atoms with Gasteiger partial charge in [0.05, 0.1) is 36.9 Å². The number of benzene rings is 2. The fraction of sp³-hybridized carbons (Fsp3) is 0.485. The Bertz CT molecular complexity index is 1310. The van der Waals surface area contributed by atoms with E-state index in [1.165, 1.54) is 5.69 Å². The van der Waals surface area contributed by atoms with Gasteiger partial charge < -0.3 is 14.5 Å². The lowest BCUT2D eigenvalue weighted by Gasteiger charge is -2.35. The molecule has 0 aliphatic carbocycles. The fourth-order valence-corrected chi connectivity index (χ4v) is 5.80. The van der Waals surface area contributed by atoms with E-state index in [-0.39, 0.29) is 30.1 Å². The zero-order valence-electron chi connectivity index (χ0n) is 24.5. The molecule has 3 aromatic rings. The normalized spacial score (nSPS) is 20.7. The van der Waals surface area contributed by atoms with Crippen molar-refractivity contribution in [3.8, 4) is 11.8 Å². The van der Waals surface area contributed by atoms with Crippen LogP contribution in [0, 0.1) is 17.8 Å². The number of hydrogen-bond acceptors (Lipinski definition) is 6. The molecule has 0 unspecified atom stereocenters. The molecule has 2 fully saturated rings. The number of rotatable bonds is 9. The largest absolute Gasteiger partial charge is 0.374 e. The SMILES string of the molecule is C[C@H](C[C@@H]1CC[C@H]([C@@H](C)C(=O)N(C)Cc2ccccc2)O1)n1cc(C#CCN2CCN(c3ccccc3)CC2)nn1. The monoisotopic (exact) mass is 554 g/mol. The lowest BCUT2D eigenvalue weighted by atomic mass is 9.99. The first kappa shape index (κ1) is 28.8. The Morgan fingerprint density at radius 3 is 2.46 bits per heavy atom. The van der Waals surface area contributed by atoms with Gasteiger partial charge in [-0.25, -0.2) is 4.68 Å². The highest BCUT2D eigenvalue weighted by atomic mass is 16.5. The van der Waals surface area contributed by atoms with E-state index in [1.54, 1.807) is 0 Å². The van der Waals surface area contributed by atoms with Crippen LogP contribution in [-0.4, -0.2) is 82.7 Å². The molecule has 0 spiro atoms. The summed E-state index contributed by atoms with van der Waals surface area (Å²) in [6, 6.07) is 20.8. The van der Waals surface area contributed by atoms with Crippen LogP contribution in [0.3, 0.4) is 0 Å². The summed E-state index contributed by atoms with van der Waals surface area (Å²) < 4.78 is 8.26. The predicted octanol–water partition coefficient (Wildman–Crippen LogP) is 4.25. The van der Waals surface area contributed by atoms with Crippen LogP contribution < -0.4 is 4.90 Å². The number of aromatic nitrogens is 3. The average Bonchev–Trinajstić information content (AvgIpc) is 3.68. The van der Waals surface area contributed by atoms with Gasteiger partial charge in [-0.3, -0.25) is 9.69 Å². The number of ether oxygens (including phenoxy) is 1. The molecule has 0 radical (unpaired) electrons. The first-order chi connectivity index (χ1) is 20.0.